The largest absolute Gasteiger partial charge is 0.382 e. The van der Waals surface area contributed by atoms with E-state index in [0.29, 0.717) is 476 Å². The van der Waals surface area contributed by atoms with E-state index in [1.54, 1.807) is 21.3 Å². The van der Waals surface area contributed by atoms with Crippen LogP contribution in [0.5, 0.6) is 0 Å². The number of carbonyl (C=O) groups is 3. The van der Waals surface area contributed by atoms with Gasteiger partial charge in [0.05, 0.1) is 496 Å². The summed E-state index contributed by atoms with van der Waals surface area (Å²) in [6.07, 6.45) is 0.334. The summed E-state index contributed by atoms with van der Waals surface area (Å²) in [6.45, 7) is 35.5. The molecular formula is C89H177N3O42. The Morgan fingerprint density at radius 1 is 0.142 bits per heavy atom. The van der Waals surface area contributed by atoms with Crippen molar-refractivity contribution >= 4 is 17.7 Å². The second-order valence-electron chi connectivity index (χ2n) is 28.5. The number of hydrogen-bond donors (Lipinski definition) is 3. The third-order valence-corrected chi connectivity index (χ3v) is 16.9. The minimum atomic E-state index is -0.687. The van der Waals surface area contributed by atoms with Crippen LogP contribution in [0.2, 0.25) is 0 Å². The van der Waals surface area contributed by atoms with E-state index in [1.165, 1.54) is 0 Å². The predicted octanol–water partition coefficient (Wildman–Crippen LogP) is 0.0484. The van der Waals surface area contributed by atoms with Crippen LogP contribution in [0.1, 0.15) is 26.2 Å². The van der Waals surface area contributed by atoms with Crippen LogP contribution in [0.15, 0.2) is 0 Å². The number of amides is 3. The lowest BCUT2D eigenvalue weighted by Crippen LogP contribution is -2.36. The zero-order valence-electron chi connectivity index (χ0n) is 81.9. The van der Waals surface area contributed by atoms with Crippen LogP contribution in [0.4, 0.5) is 0 Å². The van der Waals surface area contributed by atoms with E-state index in [4.69, 9.17) is 185 Å². The zero-order chi connectivity index (χ0) is 96.2. The standard InChI is InChI=1S/C89H177N3O42/c1-89(83-132-11-5-86(93)90-8-14-99-23-26-105-35-38-111-47-50-117-59-62-123-71-74-129-80-77-126-68-65-120-56-53-114-44-41-108-32-29-102-20-17-96-2,84-133-12-6-87(94)91-9-15-100-24-27-106-36-39-112-48-51-118-60-63-124-72-75-130-81-78-127-69-66-121-57-54-115-45-42-109-33-30-103-21-18-97-3)85-134-13-7-88(95)92-10-16-101-25-28-107-37-40-113-49-52-119-61-64-125-73-76-131-82-79-128-70-67-122-58-55-116-46-43-110-34-31-104-22-19-98-4/h5-85H2,1-4H3,(H,90,93)(H,91,94)(H,92,95). The summed E-state index contributed by atoms with van der Waals surface area (Å²) in [5.74, 6) is -0.604. The monoisotopic (exact) mass is 1960 g/mol. The molecule has 0 aromatic carbocycles. The molecular weight excluding hydrogens is 1780 g/mol. The first-order valence-electron chi connectivity index (χ1n) is 47.4. The molecule has 0 aromatic heterocycles. The van der Waals surface area contributed by atoms with E-state index >= 15 is 0 Å². The first-order chi connectivity index (χ1) is 66.4. The maximum absolute atomic E-state index is 12.7. The summed E-state index contributed by atoms with van der Waals surface area (Å²) in [5, 5.41) is 8.52. The van der Waals surface area contributed by atoms with E-state index in [-0.39, 0.29) is 76.6 Å². The van der Waals surface area contributed by atoms with Crippen molar-refractivity contribution in [2.75, 3.05) is 536 Å². The maximum Gasteiger partial charge on any atom is 0.222 e. The predicted molar refractivity (Wildman–Crippen MR) is 486 cm³/mol. The molecule has 3 amide bonds. The highest BCUT2D eigenvalue weighted by Crippen LogP contribution is 2.19. The van der Waals surface area contributed by atoms with E-state index in [0.717, 1.165) is 0 Å². The molecule has 0 radical (unpaired) electrons. The van der Waals surface area contributed by atoms with Crippen LogP contribution < -0.4 is 16.0 Å². The lowest BCUT2D eigenvalue weighted by molar-refractivity contribution is -0.123. The molecule has 800 valence electrons. The summed E-state index contributed by atoms with van der Waals surface area (Å²) in [6, 6.07) is 0. The number of rotatable bonds is 123. The number of ether oxygens (including phenoxy) is 39. The fraction of sp³-hybridized carbons (Fsp3) is 0.966. The molecule has 45 nitrogen and oxygen atoms in total. The highest BCUT2D eigenvalue weighted by Gasteiger charge is 2.27. The number of hydrogen-bond acceptors (Lipinski definition) is 42. The minimum Gasteiger partial charge on any atom is -0.382 e. The van der Waals surface area contributed by atoms with Gasteiger partial charge in [0.2, 0.25) is 17.7 Å². The summed E-state index contributed by atoms with van der Waals surface area (Å²) in [4.78, 5) is 38.1. The Labute approximate surface area is 797 Å². The average molecular weight is 1960 g/mol. The van der Waals surface area contributed by atoms with Crippen molar-refractivity contribution in [1.29, 1.82) is 0 Å². The summed E-state index contributed by atoms with van der Waals surface area (Å²) >= 11 is 0. The maximum atomic E-state index is 12.7. The van der Waals surface area contributed by atoms with Gasteiger partial charge in [0.1, 0.15) is 0 Å². The average Bonchev–Trinajstić information content (AvgIpc) is 0.895. The number of methoxy groups -OCH3 is 3. The highest BCUT2D eigenvalue weighted by molar-refractivity contribution is 5.76. The molecule has 0 aliphatic rings. The Balaban J connectivity index is 4.26. The SMILES string of the molecule is COCCOCCOCCOCCOCCOCCOCCOCCOCCOCCOCCOCCNC(=O)CCOCC(C)(COCCC(=O)NCCOCCOCCOCCOCCOCCOCCOCCOCCOCCOCCOCCOC)COCCC(=O)NCCOCCOCCOCCOCCOCCOCCOCCOCCOCCOCCOCCOC. The van der Waals surface area contributed by atoms with Gasteiger partial charge in [0.15, 0.2) is 0 Å². The van der Waals surface area contributed by atoms with E-state index < -0.39 is 5.41 Å². The van der Waals surface area contributed by atoms with Gasteiger partial charge < -0.3 is 201 Å². The van der Waals surface area contributed by atoms with Gasteiger partial charge >= 0.3 is 0 Å². The second-order valence-corrected chi connectivity index (χ2v) is 28.5. The van der Waals surface area contributed by atoms with Gasteiger partial charge in [-0.1, -0.05) is 6.92 Å². The van der Waals surface area contributed by atoms with Crippen LogP contribution in [0, 0.1) is 5.41 Å². The van der Waals surface area contributed by atoms with Gasteiger partial charge in [0.25, 0.3) is 0 Å². The van der Waals surface area contributed by atoms with Crippen molar-refractivity contribution in [3.63, 3.8) is 0 Å². The van der Waals surface area contributed by atoms with E-state index in [1.807, 2.05) is 6.92 Å². The van der Waals surface area contributed by atoms with Crippen molar-refractivity contribution < 1.29 is 199 Å². The molecule has 0 heterocycles. The van der Waals surface area contributed by atoms with Gasteiger partial charge in [-0.3, -0.25) is 14.4 Å². The highest BCUT2D eigenvalue weighted by atomic mass is 16.6. The Morgan fingerprint density at radius 3 is 0.343 bits per heavy atom. The van der Waals surface area contributed by atoms with Gasteiger partial charge in [-0.15, -0.1) is 0 Å². The van der Waals surface area contributed by atoms with Gasteiger partial charge in [-0.05, 0) is 0 Å². The third kappa shape index (κ3) is 116. The van der Waals surface area contributed by atoms with Crippen molar-refractivity contribution in [1.82, 2.24) is 16.0 Å². The number of nitrogens with one attached hydrogen (secondary N) is 3. The van der Waals surface area contributed by atoms with Crippen molar-refractivity contribution in [3.8, 4) is 0 Å². The smallest absolute Gasteiger partial charge is 0.222 e. The first kappa shape index (κ1) is 131. The summed E-state index contributed by atoms with van der Waals surface area (Å²) in [7, 11) is 4.91. The van der Waals surface area contributed by atoms with Crippen molar-refractivity contribution in [3.05, 3.63) is 0 Å². The third-order valence-electron chi connectivity index (χ3n) is 16.9. The van der Waals surface area contributed by atoms with Gasteiger partial charge in [-0.2, -0.15) is 0 Å². The number of carbonyl (C=O) groups excluding carboxylic acids is 3. The van der Waals surface area contributed by atoms with Crippen LogP contribution >= 0.6 is 0 Å². The molecule has 134 heavy (non-hydrogen) atoms. The lowest BCUT2D eigenvalue weighted by atomic mass is 9.94. The molecule has 0 saturated carbocycles. The van der Waals surface area contributed by atoms with Crippen LogP contribution in [-0.4, -0.2) is 554 Å². The Bertz CT molecular complexity index is 2010. The van der Waals surface area contributed by atoms with Crippen molar-refractivity contribution in [2.45, 2.75) is 26.2 Å². The second kappa shape index (κ2) is 119. The molecule has 0 spiro atoms. The van der Waals surface area contributed by atoms with E-state index in [2.05, 4.69) is 16.0 Å². The van der Waals surface area contributed by atoms with Crippen LogP contribution in [-0.2, 0) is 199 Å². The zero-order valence-corrected chi connectivity index (χ0v) is 81.9. The molecule has 0 aliphatic carbocycles. The molecule has 0 aromatic rings. The normalized spacial score (nSPS) is 11.8. The van der Waals surface area contributed by atoms with Gasteiger partial charge in [0, 0.05) is 65.6 Å². The fourth-order valence-corrected chi connectivity index (χ4v) is 9.96. The lowest BCUT2D eigenvalue weighted by Gasteiger charge is -2.29. The molecule has 3 N–H and O–H groups in total. The minimum absolute atomic E-state index is 0.111. The fourth-order valence-electron chi connectivity index (χ4n) is 9.96. The van der Waals surface area contributed by atoms with Crippen molar-refractivity contribution in [2.24, 2.45) is 5.41 Å². The molecule has 0 fully saturated rings. The first-order valence-corrected chi connectivity index (χ1v) is 47.4. The quantitative estimate of drug-likeness (QED) is 0.0677. The summed E-state index contributed by atoms with van der Waals surface area (Å²) in [5.41, 5.74) is -0.687. The molecule has 45 heteroatoms. The Hall–Kier alpha value is -3.15. The summed E-state index contributed by atoms with van der Waals surface area (Å²) < 4.78 is 215. The van der Waals surface area contributed by atoms with Crippen LogP contribution in [0.3, 0.4) is 0 Å². The molecule has 0 bridgehead atoms. The van der Waals surface area contributed by atoms with Gasteiger partial charge in [-0.25, -0.2) is 0 Å². The topological polar surface area (TPSA) is 447 Å². The Kier molecular flexibility index (Phi) is 116. The molecule has 0 saturated heterocycles. The van der Waals surface area contributed by atoms with E-state index in [9.17, 15) is 14.4 Å². The molecule has 0 atom stereocenters. The molecule has 0 rings (SSSR count). The van der Waals surface area contributed by atoms with Crippen LogP contribution in [0.25, 0.3) is 0 Å². The Morgan fingerprint density at radius 2 is 0.239 bits per heavy atom. The molecule has 0 unspecified atom stereocenters. The molecule has 0 aliphatic heterocycles.